The van der Waals surface area contributed by atoms with E-state index in [4.69, 9.17) is 0 Å². The summed E-state index contributed by atoms with van der Waals surface area (Å²) in [4.78, 5) is 12.3. The molecule has 0 atom stereocenters. The van der Waals surface area contributed by atoms with Gasteiger partial charge in [-0.3, -0.25) is 4.79 Å². The summed E-state index contributed by atoms with van der Waals surface area (Å²) in [7, 11) is 0. The molecule has 1 N–H and O–H groups in total. The van der Waals surface area contributed by atoms with Crippen molar-refractivity contribution < 1.29 is 4.79 Å². The molecule has 3 rings (SSSR count). The largest absolute Gasteiger partial charge is 0.322 e. The number of carbonyl (C=O) groups is 1. The summed E-state index contributed by atoms with van der Waals surface area (Å²) in [6.07, 6.45) is 2.41. The lowest BCUT2D eigenvalue weighted by Crippen LogP contribution is -2.28. The third kappa shape index (κ3) is 3.26. The van der Waals surface area contributed by atoms with Crippen molar-refractivity contribution >= 4 is 23.8 Å². The summed E-state index contributed by atoms with van der Waals surface area (Å²) >= 11 is 0. The van der Waals surface area contributed by atoms with Crippen LogP contribution in [0.4, 0.5) is 5.69 Å². The molecule has 1 amide bonds. The molecule has 1 aliphatic heterocycles. The molecule has 2 aromatic rings. The van der Waals surface area contributed by atoms with E-state index in [1.165, 1.54) is 18.1 Å². The van der Waals surface area contributed by atoms with Crippen molar-refractivity contribution in [3.8, 4) is 0 Å². The molecule has 0 aromatic heterocycles. The SMILES string of the molecule is CC1(C)CB(c2ccc(C(=O)Nc3ccccc3)cc2)CC1(C)C. The highest BCUT2D eigenvalue weighted by Crippen LogP contribution is 2.52. The van der Waals surface area contributed by atoms with Crippen LogP contribution in [0.15, 0.2) is 54.6 Å². The van der Waals surface area contributed by atoms with Crippen LogP contribution in [-0.4, -0.2) is 12.6 Å². The van der Waals surface area contributed by atoms with Gasteiger partial charge >= 0.3 is 0 Å². The number of rotatable bonds is 3. The van der Waals surface area contributed by atoms with Gasteiger partial charge in [0.25, 0.3) is 5.91 Å². The highest BCUT2D eigenvalue weighted by molar-refractivity contribution is 6.74. The van der Waals surface area contributed by atoms with Gasteiger partial charge in [0.15, 0.2) is 6.71 Å². The van der Waals surface area contributed by atoms with E-state index in [2.05, 4.69) is 45.1 Å². The second kappa shape index (κ2) is 6.12. The Morgan fingerprint density at radius 2 is 1.42 bits per heavy atom. The first-order valence-electron chi connectivity index (χ1n) is 8.75. The van der Waals surface area contributed by atoms with E-state index in [-0.39, 0.29) is 5.91 Å². The molecule has 0 radical (unpaired) electrons. The third-order valence-corrected chi connectivity index (χ3v) is 6.02. The maximum absolute atomic E-state index is 12.3. The van der Waals surface area contributed by atoms with Gasteiger partial charge in [0.05, 0.1) is 0 Å². The van der Waals surface area contributed by atoms with Crippen LogP contribution in [-0.2, 0) is 0 Å². The lowest BCUT2D eigenvalue weighted by Gasteiger charge is -2.35. The second-order valence-electron chi connectivity index (χ2n) is 8.32. The van der Waals surface area contributed by atoms with E-state index >= 15 is 0 Å². The highest BCUT2D eigenvalue weighted by atomic mass is 16.1. The van der Waals surface area contributed by atoms with E-state index in [1.54, 1.807) is 0 Å². The van der Waals surface area contributed by atoms with E-state index in [0.717, 1.165) is 5.69 Å². The molecule has 0 unspecified atom stereocenters. The normalized spacial score (nSPS) is 18.4. The van der Waals surface area contributed by atoms with Crippen molar-refractivity contribution in [1.82, 2.24) is 0 Å². The summed E-state index contributed by atoms with van der Waals surface area (Å²) in [5.41, 5.74) is 3.58. The van der Waals surface area contributed by atoms with Crippen LogP contribution in [0.25, 0.3) is 0 Å². The molecule has 1 fully saturated rings. The molecular weight excluding hydrogens is 293 g/mol. The maximum atomic E-state index is 12.3. The number of amides is 1. The summed E-state index contributed by atoms with van der Waals surface area (Å²) in [6.45, 7) is 10.1. The van der Waals surface area contributed by atoms with Gasteiger partial charge in [-0.1, -0.05) is 76.1 Å². The minimum Gasteiger partial charge on any atom is -0.322 e. The minimum atomic E-state index is -0.0557. The molecule has 0 aliphatic carbocycles. The van der Waals surface area contributed by atoms with E-state index in [1.807, 2.05) is 42.5 Å². The van der Waals surface area contributed by atoms with E-state index in [0.29, 0.717) is 23.1 Å². The molecule has 1 heterocycles. The molecule has 1 saturated heterocycles. The van der Waals surface area contributed by atoms with E-state index < -0.39 is 0 Å². The average Bonchev–Trinajstić information content (AvgIpc) is 2.76. The van der Waals surface area contributed by atoms with Crippen molar-refractivity contribution in [2.75, 3.05) is 5.32 Å². The van der Waals surface area contributed by atoms with Crippen LogP contribution in [0, 0.1) is 10.8 Å². The number of hydrogen-bond donors (Lipinski definition) is 1. The van der Waals surface area contributed by atoms with E-state index in [9.17, 15) is 4.79 Å². The molecule has 0 saturated carbocycles. The Morgan fingerprint density at radius 3 is 1.96 bits per heavy atom. The zero-order valence-corrected chi connectivity index (χ0v) is 15.1. The summed E-state index contributed by atoms with van der Waals surface area (Å²) in [5.74, 6) is -0.0557. The van der Waals surface area contributed by atoms with Crippen LogP contribution < -0.4 is 10.8 Å². The first-order chi connectivity index (χ1) is 11.3. The number of benzene rings is 2. The predicted octanol–water partition coefficient (Wildman–Crippen LogP) is 4.71. The molecule has 3 heteroatoms. The number of carbonyl (C=O) groups excluding carboxylic acids is 1. The summed E-state index contributed by atoms with van der Waals surface area (Å²) in [6, 6.07) is 17.7. The van der Waals surface area contributed by atoms with Crippen molar-refractivity contribution in [3.63, 3.8) is 0 Å². The first kappa shape index (κ1) is 16.8. The second-order valence-corrected chi connectivity index (χ2v) is 8.32. The fraction of sp³-hybridized carbons (Fsp3) is 0.381. The molecule has 2 aromatic carbocycles. The zero-order valence-electron chi connectivity index (χ0n) is 15.1. The average molecular weight is 319 g/mol. The van der Waals surface area contributed by atoms with Gasteiger partial charge in [-0.05, 0) is 35.1 Å². The Bertz CT molecular complexity index is 703. The van der Waals surface area contributed by atoms with Gasteiger partial charge in [-0.15, -0.1) is 0 Å². The monoisotopic (exact) mass is 319 g/mol. The minimum absolute atomic E-state index is 0.0557. The summed E-state index contributed by atoms with van der Waals surface area (Å²) in [5, 5.41) is 2.93. The van der Waals surface area contributed by atoms with Crippen LogP contribution >= 0.6 is 0 Å². The van der Waals surface area contributed by atoms with Crippen molar-refractivity contribution in [2.45, 2.75) is 40.3 Å². The zero-order chi connectivity index (χ0) is 17.4. The van der Waals surface area contributed by atoms with Gasteiger partial charge in [0, 0.05) is 11.3 Å². The van der Waals surface area contributed by atoms with Crippen molar-refractivity contribution in [1.29, 1.82) is 0 Å². The smallest absolute Gasteiger partial charge is 0.255 e. The van der Waals surface area contributed by atoms with Crippen LogP contribution in [0.1, 0.15) is 38.1 Å². The molecule has 0 bridgehead atoms. The van der Waals surface area contributed by atoms with Crippen LogP contribution in [0.5, 0.6) is 0 Å². The summed E-state index contributed by atoms with van der Waals surface area (Å²) < 4.78 is 0. The predicted molar refractivity (Wildman–Crippen MR) is 103 cm³/mol. The molecule has 0 spiro atoms. The first-order valence-corrected chi connectivity index (χ1v) is 8.75. The van der Waals surface area contributed by atoms with Gasteiger partial charge in [0.1, 0.15) is 0 Å². The Labute approximate surface area is 145 Å². The lowest BCUT2D eigenvalue weighted by molar-refractivity contribution is 0.102. The van der Waals surface area contributed by atoms with Gasteiger partial charge in [-0.2, -0.15) is 0 Å². The van der Waals surface area contributed by atoms with Crippen molar-refractivity contribution in [2.24, 2.45) is 10.8 Å². The fourth-order valence-electron chi connectivity index (χ4n) is 3.72. The Balaban J connectivity index is 1.71. The van der Waals surface area contributed by atoms with Crippen molar-refractivity contribution in [3.05, 3.63) is 60.2 Å². The maximum Gasteiger partial charge on any atom is 0.255 e. The molecule has 1 aliphatic rings. The number of hydrogen-bond acceptors (Lipinski definition) is 1. The van der Waals surface area contributed by atoms with Gasteiger partial charge < -0.3 is 5.32 Å². The molecule has 24 heavy (non-hydrogen) atoms. The van der Waals surface area contributed by atoms with Gasteiger partial charge in [-0.25, -0.2) is 0 Å². The quantitative estimate of drug-likeness (QED) is 0.816. The standard InChI is InChI=1S/C21H26BNO/c1-20(2)14-22(15-21(20,3)4)17-12-10-16(11-13-17)19(24)23-18-8-6-5-7-9-18/h5-13H,14-15H2,1-4H3,(H,23,24). The molecule has 124 valence electrons. The molecule has 2 nitrogen and oxygen atoms in total. The van der Waals surface area contributed by atoms with Crippen LogP contribution in [0.2, 0.25) is 12.6 Å². The van der Waals surface area contributed by atoms with Gasteiger partial charge in [0.2, 0.25) is 0 Å². The number of para-hydroxylation sites is 1. The Kier molecular flexibility index (Phi) is 4.29. The lowest BCUT2D eigenvalue weighted by atomic mass is 9.42. The number of anilines is 1. The Morgan fingerprint density at radius 1 is 0.875 bits per heavy atom. The Hall–Kier alpha value is -2.03. The third-order valence-electron chi connectivity index (χ3n) is 6.02. The van der Waals surface area contributed by atoms with Crippen LogP contribution in [0.3, 0.4) is 0 Å². The number of nitrogens with one attached hydrogen (secondary N) is 1. The molecular formula is C21H26BNO. The highest BCUT2D eigenvalue weighted by Gasteiger charge is 2.47. The fourth-order valence-corrected chi connectivity index (χ4v) is 3.72. The topological polar surface area (TPSA) is 29.1 Å².